The van der Waals surface area contributed by atoms with Gasteiger partial charge in [0.15, 0.2) is 0 Å². The Morgan fingerprint density at radius 1 is 1.03 bits per heavy atom. The van der Waals surface area contributed by atoms with Crippen LogP contribution in [0, 0.1) is 6.92 Å². The van der Waals surface area contributed by atoms with Crippen molar-refractivity contribution in [2.75, 3.05) is 13.1 Å². The molecule has 3 heterocycles. The van der Waals surface area contributed by atoms with Crippen molar-refractivity contribution < 1.29 is 9.21 Å². The number of hydrogen-bond donors (Lipinski definition) is 1. The second-order valence-corrected chi connectivity index (χ2v) is 9.97. The van der Waals surface area contributed by atoms with E-state index in [9.17, 15) is 4.79 Å². The average molecular weight is 493 g/mol. The van der Waals surface area contributed by atoms with E-state index in [0.29, 0.717) is 17.3 Å². The number of nitrogens with zero attached hydrogens (tertiary/aromatic N) is 3. The second-order valence-electron chi connectivity index (χ2n) is 9.97. The monoisotopic (exact) mass is 492 g/mol. The molecule has 0 radical (unpaired) electrons. The van der Waals surface area contributed by atoms with Crippen LogP contribution in [0.1, 0.15) is 30.4 Å². The standard InChI is InChI=1S/C31H32N4O2/c1-3-35-28-12-8-7-11-25(28)26-17-22(13-14-29(26)35)19-34-16-15-24(20-34)32-30(36)18-27-21(2)37-31(33-27)23-9-5-4-6-10-23/h4-14,17,24H,3,15-16,18-20H2,1-2H3,(H,32,36). The number of carbonyl (C=O) groups is 1. The molecule has 37 heavy (non-hydrogen) atoms. The van der Waals surface area contributed by atoms with Crippen LogP contribution >= 0.6 is 0 Å². The van der Waals surface area contributed by atoms with Crippen molar-refractivity contribution in [3.8, 4) is 11.5 Å². The summed E-state index contributed by atoms with van der Waals surface area (Å²) in [5.74, 6) is 1.26. The third kappa shape index (κ3) is 4.65. The van der Waals surface area contributed by atoms with E-state index in [1.165, 1.54) is 27.4 Å². The quantitative estimate of drug-likeness (QED) is 0.316. The van der Waals surface area contributed by atoms with E-state index in [2.05, 4.69) is 69.2 Å². The molecule has 6 rings (SSSR count). The van der Waals surface area contributed by atoms with Crippen molar-refractivity contribution in [2.45, 2.75) is 45.8 Å². The molecule has 3 aromatic carbocycles. The van der Waals surface area contributed by atoms with Crippen LogP contribution in [-0.2, 0) is 24.3 Å². The van der Waals surface area contributed by atoms with Crippen molar-refractivity contribution in [1.29, 1.82) is 0 Å². The largest absolute Gasteiger partial charge is 0.441 e. The molecule has 0 spiro atoms. The van der Waals surface area contributed by atoms with Crippen LogP contribution in [0.25, 0.3) is 33.3 Å². The first-order valence-corrected chi connectivity index (χ1v) is 13.1. The van der Waals surface area contributed by atoms with E-state index in [-0.39, 0.29) is 18.4 Å². The molecule has 6 heteroatoms. The van der Waals surface area contributed by atoms with Crippen molar-refractivity contribution in [2.24, 2.45) is 0 Å². The lowest BCUT2D eigenvalue weighted by Crippen LogP contribution is -2.38. The van der Waals surface area contributed by atoms with Crippen molar-refractivity contribution in [3.05, 3.63) is 89.8 Å². The van der Waals surface area contributed by atoms with Gasteiger partial charge in [-0.15, -0.1) is 0 Å². The molecule has 0 saturated carbocycles. The summed E-state index contributed by atoms with van der Waals surface area (Å²) in [6.07, 6.45) is 1.19. The number of nitrogens with one attached hydrogen (secondary N) is 1. The highest BCUT2D eigenvalue weighted by atomic mass is 16.4. The lowest BCUT2D eigenvalue weighted by molar-refractivity contribution is -0.121. The molecular formula is C31H32N4O2. The molecule has 1 fully saturated rings. The summed E-state index contributed by atoms with van der Waals surface area (Å²) in [5, 5.41) is 5.85. The van der Waals surface area contributed by atoms with Gasteiger partial charge < -0.3 is 14.3 Å². The van der Waals surface area contributed by atoms with Gasteiger partial charge in [-0.2, -0.15) is 0 Å². The number of fused-ring (bicyclic) bond motifs is 3. The summed E-state index contributed by atoms with van der Waals surface area (Å²) in [7, 11) is 0. The molecule has 5 aromatic rings. The van der Waals surface area contributed by atoms with Crippen LogP contribution in [0.4, 0.5) is 0 Å². The molecule has 1 saturated heterocycles. The van der Waals surface area contributed by atoms with Crippen LogP contribution in [0.5, 0.6) is 0 Å². The van der Waals surface area contributed by atoms with Gasteiger partial charge in [-0.1, -0.05) is 42.5 Å². The molecular weight excluding hydrogens is 460 g/mol. The maximum absolute atomic E-state index is 12.8. The van der Waals surface area contributed by atoms with Gasteiger partial charge in [-0.05, 0) is 56.2 Å². The molecule has 6 nitrogen and oxygen atoms in total. The van der Waals surface area contributed by atoms with Crippen molar-refractivity contribution in [1.82, 2.24) is 19.8 Å². The van der Waals surface area contributed by atoms with Gasteiger partial charge in [0.1, 0.15) is 5.76 Å². The molecule has 1 aliphatic rings. The van der Waals surface area contributed by atoms with Gasteiger partial charge in [0.25, 0.3) is 0 Å². The number of rotatable bonds is 7. The fraction of sp³-hybridized carbons (Fsp3) is 0.290. The van der Waals surface area contributed by atoms with E-state index >= 15 is 0 Å². The number of para-hydroxylation sites is 1. The minimum Gasteiger partial charge on any atom is -0.441 e. The van der Waals surface area contributed by atoms with Gasteiger partial charge >= 0.3 is 0 Å². The van der Waals surface area contributed by atoms with Gasteiger partial charge in [0, 0.05) is 59.6 Å². The van der Waals surface area contributed by atoms with Crippen LogP contribution in [0.3, 0.4) is 0 Å². The first-order chi connectivity index (χ1) is 18.1. The van der Waals surface area contributed by atoms with Crippen LogP contribution in [0.15, 0.2) is 77.2 Å². The lowest BCUT2D eigenvalue weighted by atomic mass is 10.1. The molecule has 1 amide bonds. The summed E-state index contributed by atoms with van der Waals surface area (Å²) in [5.41, 5.74) is 5.51. The Morgan fingerprint density at radius 3 is 2.65 bits per heavy atom. The number of aryl methyl sites for hydroxylation is 2. The molecule has 1 atom stereocenters. The van der Waals surface area contributed by atoms with Crippen molar-refractivity contribution >= 4 is 27.7 Å². The number of aromatic nitrogens is 2. The molecule has 0 aliphatic carbocycles. The predicted molar refractivity (Wildman–Crippen MR) is 147 cm³/mol. The van der Waals surface area contributed by atoms with Crippen LogP contribution in [0.2, 0.25) is 0 Å². The fourth-order valence-electron chi connectivity index (χ4n) is 5.62. The van der Waals surface area contributed by atoms with E-state index in [4.69, 9.17) is 4.42 Å². The molecule has 1 unspecified atom stereocenters. The van der Waals surface area contributed by atoms with E-state index < -0.39 is 0 Å². The normalized spacial score (nSPS) is 16.1. The number of carbonyl (C=O) groups excluding carboxylic acids is 1. The smallest absolute Gasteiger partial charge is 0.226 e. The van der Waals surface area contributed by atoms with E-state index in [1.807, 2.05) is 37.3 Å². The summed E-state index contributed by atoms with van der Waals surface area (Å²) >= 11 is 0. The molecule has 1 N–H and O–H groups in total. The fourth-order valence-corrected chi connectivity index (χ4v) is 5.62. The molecule has 0 bridgehead atoms. The number of likely N-dealkylation sites (tertiary alicyclic amines) is 1. The zero-order valence-corrected chi connectivity index (χ0v) is 21.4. The van der Waals surface area contributed by atoms with E-state index in [1.54, 1.807) is 0 Å². The minimum absolute atomic E-state index is 0.00310. The summed E-state index contributed by atoms with van der Waals surface area (Å²) in [6.45, 7) is 7.74. The molecule has 1 aliphatic heterocycles. The van der Waals surface area contributed by atoms with Gasteiger partial charge in [-0.25, -0.2) is 4.98 Å². The topological polar surface area (TPSA) is 63.3 Å². The third-order valence-corrected chi connectivity index (χ3v) is 7.44. The number of benzene rings is 3. The van der Waals surface area contributed by atoms with Crippen LogP contribution in [-0.4, -0.2) is 39.5 Å². The van der Waals surface area contributed by atoms with E-state index in [0.717, 1.165) is 38.2 Å². The highest BCUT2D eigenvalue weighted by Crippen LogP contribution is 2.30. The Kier molecular flexibility index (Phi) is 6.26. The van der Waals surface area contributed by atoms with Gasteiger partial charge in [-0.3, -0.25) is 9.69 Å². The maximum Gasteiger partial charge on any atom is 0.226 e. The first-order valence-electron chi connectivity index (χ1n) is 13.1. The average Bonchev–Trinajstić information content (AvgIpc) is 3.60. The highest BCUT2D eigenvalue weighted by Gasteiger charge is 2.25. The Balaban J connectivity index is 1.09. The number of hydrogen-bond acceptors (Lipinski definition) is 4. The summed E-state index contributed by atoms with van der Waals surface area (Å²) < 4.78 is 8.20. The highest BCUT2D eigenvalue weighted by molar-refractivity contribution is 6.08. The zero-order valence-electron chi connectivity index (χ0n) is 21.4. The Hall–Kier alpha value is -3.90. The Morgan fingerprint density at radius 2 is 1.81 bits per heavy atom. The zero-order chi connectivity index (χ0) is 25.4. The maximum atomic E-state index is 12.8. The number of amides is 1. The lowest BCUT2D eigenvalue weighted by Gasteiger charge is -2.17. The van der Waals surface area contributed by atoms with Crippen LogP contribution < -0.4 is 5.32 Å². The van der Waals surface area contributed by atoms with Crippen molar-refractivity contribution in [3.63, 3.8) is 0 Å². The summed E-state index contributed by atoms with van der Waals surface area (Å²) in [6, 6.07) is 25.4. The third-order valence-electron chi connectivity index (χ3n) is 7.44. The van der Waals surface area contributed by atoms with Gasteiger partial charge in [0.2, 0.25) is 11.8 Å². The molecule has 188 valence electrons. The predicted octanol–water partition coefficient (Wildman–Crippen LogP) is 5.71. The Labute approximate surface area is 216 Å². The van der Waals surface area contributed by atoms with Gasteiger partial charge in [0.05, 0.1) is 12.1 Å². The minimum atomic E-state index is -0.00310. The SMILES string of the molecule is CCn1c2ccccc2c2cc(CN3CCC(NC(=O)Cc4nc(-c5ccccc5)oc4C)C3)ccc21. The Bertz CT molecular complexity index is 1570. The second kappa shape index (κ2) is 9.87. The molecule has 2 aromatic heterocycles. The first kappa shape index (κ1) is 23.5. The summed E-state index contributed by atoms with van der Waals surface area (Å²) in [4.78, 5) is 19.8. The number of oxazole rings is 1.